The van der Waals surface area contributed by atoms with Crippen LogP contribution in [-0.4, -0.2) is 23.6 Å². The Hall–Kier alpha value is -0.680. The molecule has 1 aromatic carbocycles. The van der Waals surface area contributed by atoms with Gasteiger partial charge in [0.05, 0.1) is 11.3 Å². The summed E-state index contributed by atoms with van der Waals surface area (Å²) in [5.41, 5.74) is 1.27. The molecule has 0 fully saturated rings. The van der Waals surface area contributed by atoms with Crippen molar-refractivity contribution in [3.8, 4) is 0 Å². The van der Waals surface area contributed by atoms with Gasteiger partial charge in [0.25, 0.3) is 11.7 Å². The largest absolute Gasteiger partial charge is 0.304 e. The number of nitrogens with zero attached hydrogens (tertiary/aromatic N) is 1. The standard InChI is InChI=1S/C15H17Br2NO2/c1-15(2,3)9(7-16)8-18-12-6-10(17)4-5-11(12)13(19)14(18)20/h4-6,9H,7-8H2,1-3H3. The van der Waals surface area contributed by atoms with Crippen LogP contribution in [0.5, 0.6) is 0 Å². The average Bonchev–Trinajstić information content (AvgIpc) is 2.58. The van der Waals surface area contributed by atoms with Gasteiger partial charge in [0.15, 0.2) is 0 Å². The zero-order valence-corrected chi connectivity index (χ0v) is 14.9. The van der Waals surface area contributed by atoms with Crippen LogP contribution in [0.15, 0.2) is 22.7 Å². The highest BCUT2D eigenvalue weighted by Crippen LogP contribution is 2.35. The van der Waals surface area contributed by atoms with Gasteiger partial charge in [-0.25, -0.2) is 0 Å². The molecular formula is C15H17Br2NO2. The first-order chi connectivity index (χ1) is 9.25. The zero-order chi connectivity index (χ0) is 15.1. The lowest BCUT2D eigenvalue weighted by Crippen LogP contribution is -2.39. The monoisotopic (exact) mass is 401 g/mol. The summed E-state index contributed by atoms with van der Waals surface area (Å²) in [6.07, 6.45) is 0. The molecule has 0 saturated heterocycles. The molecule has 0 aliphatic carbocycles. The number of rotatable bonds is 3. The Morgan fingerprint density at radius 1 is 1.25 bits per heavy atom. The van der Waals surface area contributed by atoms with Crippen LogP contribution in [0.2, 0.25) is 0 Å². The predicted octanol–water partition coefficient (Wildman–Crippen LogP) is 4.04. The molecule has 3 nitrogen and oxygen atoms in total. The number of fused-ring (bicyclic) bond motifs is 1. The molecule has 0 spiro atoms. The van der Waals surface area contributed by atoms with Gasteiger partial charge in [-0.15, -0.1) is 0 Å². The van der Waals surface area contributed by atoms with Gasteiger partial charge in [-0.1, -0.05) is 52.6 Å². The molecule has 1 aromatic rings. The number of hydrogen-bond donors (Lipinski definition) is 0. The minimum absolute atomic E-state index is 0.0571. The molecule has 20 heavy (non-hydrogen) atoms. The minimum Gasteiger partial charge on any atom is -0.304 e. The predicted molar refractivity (Wildman–Crippen MR) is 87.6 cm³/mol. The van der Waals surface area contributed by atoms with Crippen molar-refractivity contribution in [3.63, 3.8) is 0 Å². The Labute approximate surface area is 136 Å². The molecule has 0 aromatic heterocycles. The van der Waals surface area contributed by atoms with Gasteiger partial charge in [-0.3, -0.25) is 9.59 Å². The van der Waals surface area contributed by atoms with Crippen molar-refractivity contribution < 1.29 is 9.59 Å². The van der Waals surface area contributed by atoms with Crippen LogP contribution in [-0.2, 0) is 4.79 Å². The van der Waals surface area contributed by atoms with Crippen molar-refractivity contribution in [1.29, 1.82) is 0 Å². The molecule has 0 bridgehead atoms. The lowest BCUT2D eigenvalue weighted by Gasteiger charge is -2.32. The Morgan fingerprint density at radius 3 is 2.45 bits per heavy atom. The molecule has 5 heteroatoms. The van der Waals surface area contributed by atoms with Crippen LogP contribution in [0, 0.1) is 11.3 Å². The molecule has 0 radical (unpaired) electrons. The first-order valence-corrected chi connectivity index (χ1v) is 8.39. The number of hydrogen-bond acceptors (Lipinski definition) is 2. The topological polar surface area (TPSA) is 37.4 Å². The number of alkyl halides is 1. The number of ketones is 1. The molecule has 1 heterocycles. The SMILES string of the molecule is CC(C)(C)C(CBr)CN1C(=O)C(=O)c2ccc(Br)cc21. The van der Waals surface area contributed by atoms with E-state index in [4.69, 9.17) is 0 Å². The summed E-state index contributed by atoms with van der Waals surface area (Å²) in [6, 6.07) is 5.34. The molecular weight excluding hydrogens is 386 g/mol. The number of amides is 1. The summed E-state index contributed by atoms with van der Waals surface area (Å²) in [5.74, 6) is -0.563. The number of Topliss-reactive ketones (excluding diaryl/α,β-unsaturated/α-hetero) is 1. The highest BCUT2D eigenvalue weighted by molar-refractivity contribution is 9.10. The van der Waals surface area contributed by atoms with Crippen molar-refractivity contribution >= 4 is 49.2 Å². The normalized spacial score (nSPS) is 16.6. The van der Waals surface area contributed by atoms with E-state index in [9.17, 15) is 9.59 Å². The van der Waals surface area contributed by atoms with Crippen LogP contribution < -0.4 is 4.90 Å². The summed E-state index contributed by atoms with van der Waals surface area (Å²) in [5, 5.41) is 0.789. The van der Waals surface area contributed by atoms with Gasteiger partial charge < -0.3 is 4.90 Å². The maximum Gasteiger partial charge on any atom is 0.299 e. The lowest BCUT2D eigenvalue weighted by molar-refractivity contribution is -0.114. The Morgan fingerprint density at radius 2 is 1.90 bits per heavy atom. The smallest absolute Gasteiger partial charge is 0.299 e. The van der Waals surface area contributed by atoms with Gasteiger partial charge in [0, 0.05) is 16.3 Å². The molecule has 1 amide bonds. The third-order valence-corrected chi connectivity index (χ3v) is 5.02. The molecule has 0 N–H and O–H groups in total. The number of carbonyl (C=O) groups is 2. The molecule has 1 aliphatic rings. The van der Waals surface area contributed by atoms with E-state index in [0.717, 1.165) is 9.80 Å². The summed E-state index contributed by atoms with van der Waals surface area (Å²) in [6.45, 7) is 6.97. The number of carbonyl (C=O) groups excluding carboxylic acids is 2. The average molecular weight is 403 g/mol. The van der Waals surface area contributed by atoms with E-state index < -0.39 is 11.7 Å². The Kier molecular flexibility index (Phi) is 4.40. The van der Waals surface area contributed by atoms with Gasteiger partial charge in [-0.05, 0) is 29.5 Å². The van der Waals surface area contributed by atoms with Crippen LogP contribution >= 0.6 is 31.9 Å². The summed E-state index contributed by atoms with van der Waals surface area (Å²) < 4.78 is 0.870. The van der Waals surface area contributed by atoms with Crippen LogP contribution in [0.1, 0.15) is 31.1 Å². The van der Waals surface area contributed by atoms with Crippen LogP contribution in [0.4, 0.5) is 5.69 Å². The van der Waals surface area contributed by atoms with Crippen LogP contribution in [0.3, 0.4) is 0 Å². The van der Waals surface area contributed by atoms with E-state index in [0.29, 0.717) is 17.8 Å². The number of halogens is 2. The number of anilines is 1. The fourth-order valence-electron chi connectivity index (χ4n) is 2.22. The molecule has 108 valence electrons. The van der Waals surface area contributed by atoms with E-state index in [-0.39, 0.29) is 11.3 Å². The van der Waals surface area contributed by atoms with Gasteiger partial charge in [-0.2, -0.15) is 0 Å². The highest BCUT2D eigenvalue weighted by atomic mass is 79.9. The van der Waals surface area contributed by atoms with E-state index in [1.165, 1.54) is 0 Å². The van der Waals surface area contributed by atoms with Crippen molar-refractivity contribution in [3.05, 3.63) is 28.2 Å². The minimum atomic E-state index is -0.423. The highest BCUT2D eigenvalue weighted by Gasteiger charge is 2.38. The summed E-state index contributed by atoms with van der Waals surface area (Å²) in [7, 11) is 0. The first-order valence-electron chi connectivity index (χ1n) is 6.47. The van der Waals surface area contributed by atoms with Crippen molar-refractivity contribution in [2.75, 3.05) is 16.8 Å². The van der Waals surface area contributed by atoms with E-state index >= 15 is 0 Å². The Balaban J connectivity index is 2.36. The second-order valence-electron chi connectivity index (χ2n) is 6.12. The number of benzene rings is 1. The molecule has 1 unspecified atom stereocenters. The van der Waals surface area contributed by atoms with Gasteiger partial charge in [0.1, 0.15) is 0 Å². The second-order valence-corrected chi connectivity index (χ2v) is 7.69. The molecule has 0 saturated carbocycles. The third-order valence-electron chi connectivity index (χ3n) is 3.75. The summed E-state index contributed by atoms with van der Waals surface area (Å²) in [4.78, 5) is 25.8. The second kappa shape index (κ2) is 5.60. The fraction of sp³-hybridized carbons (Fsp3) is 0.467. The summed E-state index contributed by atoms with van der Waals surface area (Å²) >= 11 is 6.91. The molecule has 1 aliphatic heterocycles. The maximum atomic E-state index is 12.2. The molecule has 1 atom stereocenters. The quantitative estimate of drug-likeness (QED) is 0.565. The van der Waals surface area contributed by atoms with E-state index in [1.807, 2.05) is 6.07 Å². The zero-order valence-electron chi connectivity index (χ0n) is 11.7. The maximum absolute atomic E-state index is 12.2. The van der Waals surface area contributed by atoms with Crippen LogP contribution in [0.25, 0.3) is 0 Å². The van der Waals surface area contributed by atoms with Crippen molar-refractivity contribution in [2.24, 2.45) is 11.3 Å². The van der Waals surface area contributed by atoms with Gasteiger partial charge >= 0.3 is 0 Å². The fourth-order valence-corrected chi connectivity index (χ4v) is 3.75. The van der Waals surface area contributed by atoms with Gasteiger partial charge in [0.2, 0.25) is 0 Å². The molecule has 2 rings (SSSR count). The van der Waals surface area contributed by atoms with E-state index in [2.05, 4.69) is 52.6 Å². The third kappa shape index (κ3) is 2.84. The van der Waals surface area contributed by atoms with Crippen molar-refractivity contribution in [1.82, 2.24) is 0 Å². The van der Waals surface area contributed by atoms with Crippen molar-refractivity contribution in [2.45, 2.75) is 20.8 Å². The van der Waals surface area contributed by atoms with E-state index in [1.54, 1.807) is 17.0 Å². The first kappa shape index (κ1) is 15.7. The Bertz CT molecular complexity index is 563. The lowest BCUT2D eigenvalue weighted by atomic mass is 9.82.